The molecule has 1 N–H and O–H groups in total. The summed E-state index contributed by atoms with van der Waals surface area (Å²) in [4.78, 5) is 0. The van der Waals surface area contributed by atoms with Gasteiger partial charge in [-0.3, -0.25) is 0 Å². The Morgan fingerprint density at radius 2 is 2.43 bits per heavy atom. The van der Waals surface area contributed by atoms with Crippen molar-refractivity contribution in [1.82, 2.24) is 0 Å². The molecule has 1 aliphatic heterocycles. The zero-order valence-corrected chi connectivity index (χ0v) is 8.35. The van der Waals surface area contributed by atoms with Crippen LogP contribution in [0.15, 0.2) is 22.8 Å². The Labute approximate surface area is 83.7 Å². The quantitative estimate of drug-likeness (QED) is 0.784. The monoisotopic (exact) mass is 196 g/mol. The van der Waals surface area contributed by atoms with Gasteiger partial charge in [-0.05, 0) is 25.5 Å². The summed E-state index contributed by atoms with van der Waals surface area (Å²) in [5, 5.41) is 9.22. The van der Waals surface area contributed by atoms with Crippen molar-refractivity contribution in [3.05, 3.63) is 24.2 Å². The molecule has 3 nitrogen and oxygen atoms in total. The zero-order valence-electron chi connectivity index (χ0n) is 8.35. The first kappa shape index (κ1) is 9.74. The second kappa shape index (κ2) is 4.15. The van der Waals surface area contributed by atoms with Crippen LogP contribution in [-0.2, 0) is 4.74 Å². The van der Waals surface area contributed by atoms with Crippen LogP contribution in [0.5, 0.6) is 0 Å². The van der Waals surface area contributed by atoms with Crippen LogP contribution in [0.4, 0.5) is 0 Å². The van der Waals surface area contributed by atoms with Crippen molar-refractivity contribution in [2.24, 2.45) is 5.92 Å². The van der Waals surface area contributed by atoms with Gasteiger partial charge < -0.3 is 14.3 Å². The summed E-state index contributed by atoms with van der Waals surface area (Å²) in [6.07, 6.45) is 2.87. The number of hydrogen-bond donors (Lipinski definition) is 1. The molecule has 0 radical (unpaired) electrons. The summed E-state index contributed by atoms with van der Waals surface area (Å²) in [5.74, 6) is 1.45. The predicted molar refractivity (Wildman–Crippen MR) is 52.1 cm³/mol. The van der Waals surface area contributed by atoms with Gasteiger partial charge in [0.05, 0.1) is 19.0 Å². The molecule has 14 heavy (non-hydrogen) atoms. The van der Waals surface area contributed by atoms with Crippen molar-refractivity contribution in [3.8, 4) is 0 Å². The molecular weight excluding hydrogens is 180 g/mol. The molecule has 3 atom stereocenters. The molecule has 0 spiro atoms. The first-order chi connectivity index (χ1) is 6.81. The predicted octanol–water partition coefficient (Wildman–Crippen LogP) is 1.78. The number of furan rings is 1. The van der Waals surface area contributed by atoms with E-state index in [2.05, 4.69) is 6.92 Å². The maximum Gasteiger partial charge on any atom is 0.107 e. The summed E-state index contributed by atoms with van der Waals surface area (Å²) in [6, 6.07) is 3.87. The van der Waals surface area contributed by atoms with E-state index in [0.29, 0.717) is 12.5 Å². The van der Waals surface area contributed by atoms with Crippen molar-refractivity contribution in [1.29, 1.82) is 0 Å². The fourth-order valence-electron chi connectivity index (χ4n) is 2.05. The summed E-state index contributed by atoms with van der Waals surface area (Å²) in [6.45, 7) is 2.85. The molecule has 1 aliphatic rings. The number of rotatable bonds is 2. The third-order valence-corrected chi connectivity index (χ3v) is 2.89. The molecule has 1 fully saturated rings. The molecule has 2 heterocycles. The Morgan fingerprint density at radius 1 is 1.57 bits per heavy atom. The van der Waals surface area contributed by atoms with Gasteiger partial charge in [0.1, 0.15) is 5.76 Å². The fraction of sp³-hybridized carbons (Fsp3) is 0.636. The van der Waals surface area contributed by atoms with E-state index in [9.17, 15) is 5.11 Å². The number of ether oxygens (including phenoxy) is 1. The Hall–Kier alpha value is -0.800. The lowest BCUT2D eigenvalue weighted by Gasteiger charge is -2.32. The fourth-order valence-corrected chi connectivity index (χ4v) is 2.05. The molecule has 1 aromatic heterocycles. The van der Waals surface area contributed by atoms with E-state index in [1.54, 1.807) is 6.26 Å². The molecule has 3 heteroatoms. The van der Waals surface area contributed by atoms with Crippen molar-refractivity contribution in [2.75, 3.05) is 13.2 Å². The molecule has 1 aromatic rings. The molecule has 0 unspecified atom stereocenters. The maximum atomic E-state index is 9.22. The van der Waals surface area contributed by atoms with Crippen molar-refractivity contribution in [3.63, 3.8) is 0 Å². The average Bonchev–Trinajstić information content (AvgIpc) is 2.70. The third kappa shape index (κ3) is 1.83. The van der Waals surface area contributed by atoms with Gasteiger partial charge >= 0.3 is 0 Å². The van der Waals surface area contributed by atoms with Gasteiger partial charge in [-0.25, -0.2) is 0 Å². The van der Waals surface area contributed by atoms with Crippen LogP contribution < -0.4 is 0 Å². The summed E-state index contributed by atoms with van der Waals surface area (Å²) in [7, 11) is 0. The van der Waals surface area contributed by atoms with Gasteiger partial charge in [0.2, 0.25) is 0 Å². The maximum absolute atomic E-state index is 9.22. The minimum atomic E-state index is 0.165. The first-order valence-corrected chi connectivity index (χ1v) is 5.07. The summed E-state index contributed by atoms with van der Waals surface area (Å²) < 4.78 is 10.9. The molecular formula is C11H16O3. The second-order valence-corrected chi connectivity index (χ2v) is 3.94. The van der Waals surface area contributed by atoms with E-state index in [-0.39, 0.29) is 18.6 Å². The van der Waals surface area contributed by atoms with Gasteiger partial charge in [-0.15, -0.1) is 0 Å². The van der Waals surface area contributed by atoms with E-state index in [1.807, 2.05) is 12.1 Å². The van der Waals surface area contributed by atoms with Crippen molar-refractivity contribution >= 4 is 0 Å². The molecule has 0 saturated carbocycles. The Morgan fingerprint density at radius 3 is 3.07 bits per heavy atom. The van der Waals surface area contributed by atoms with Crippen LogP contribution in [0, 0.1) is 5.92 Å². The SMILES string of the molecule is C[C@H]1C[C@@H](c2ccco2)[C@H](CO)CO1. The number of hydrogen-bond acceptors (Lipinski definition) is 3. The molecule has 78 valence electrons. The minimum Gasteiger partial charge on any atom is -0.469 e. The van der Waals surface area contributed by atoms with E-state index in [1.165, 1.54) is 0 Å². The van der Waals surface area contributed by atoms with Gasteiger partial charge in [0.15, 0.2) is 0 Å². The number of aliphatic hydroxyl groups is 1. The van der Waals surface area contributed by atoms with E-state index in [0.717, 1.165) is 12.2 Å². The molecule has 0 aliphatic carbocycles. The highest BCUT2D eigenvalue weighted by atomic mass is 16.5. The van der Waals surface area contributed by atoms with E-state index >= 15 is 0 Å². The highest BCUT2D eigenvalue weighted by Gasteiger charge is 2.31. The van der Waals surface area contributed by atoms with Gasteiger partial charge in [-0.1, -0.05) is 0 Å². The standard InChI is InChI=1S/C11H16O3/c1-8-5-10(9(6-12)7-14-8)11-3-2-4-13-11/h2-4,8-10,12H,5-7H2,1H3/t8-,9+,10+/m0/s1. The highest BCUT2D eigenvalue weighted by Crippen LogP contribution is 2.34. The first-order valence-electron chi connectivity index (χ1n) is 5.07. The van der Waals surface area contributed by atoms with Crippen LogP contribution in [0.1, 0.15) is 25.0 Å². The molecule has 2 rings (SSSR count). The van der Waals surface area contributed by atoms with Crippen LogP contribution >= 0.6 is 0 Å². The Balaban J connectivity index is 2.13. The lowest BCUT2D eigenvalue weighted by Crippen LogP contribution is -2.32. The van der Waals surface area contributed by atoms with Crippen molar-refractivity contribution < 1.29 is 14.3 Å². The lowest BCUT2D eigenvalue weighted by molar-refractivity contribution is -0.0366. The Bertz CT molecular complexity index is 268. The summed E-state index contributed by atoms with van der Waals surface area (Å²) in [5.41, 5.74) is 0. The second-order valence-electron chi connectivity index (χ2n) is 3.94. The van der Waals surface area contributed by atoms with E-state index in [4.69, 9.17) is 9.15 Å². The minimum absolute atomic E-state index is 0.165. The highest BCUT2D eigenvalue weighted by molar-refractivity contribution is 5.08. The normalized spacial score (nSPS) is 33.1. The smallest absolute Gasteiger partial charge is 0.107 e. The summed E-state index contributed by atoms with van der Waals surface area (Å²) >= 11 is 0. The molecule has 0 bridgehead atoms. The topological polar surface area (TPSA) is 42.6 Å². The van der Waals surface area contributed by atoms with Gasteiger partial charge in [-0.2, -0.15) is 0 Å². The molecule has 0 amide bonds. The van der Waals surface area contributed by atoms with Crippen LogP contribution in [0.3, 0.4) is 0 Å². The molecule has 0 aromatic carbocycles. The number of aliphatic hydroxyl groups excluding tert-OH is 1. The van der Waals surface area contributed by atoms with E-state index < -0.39 is 0 Å². The van der Waals surface area contributed by atoms with Crippen LogP contribution in [0.2, 0.25) is 0 Å². The van der Waals surface area contributed by atoms with Crippen molar-refractivity contribution in [2.45, 2.75) is 25.4 Å². The zero-order chi connectivity index (χ0) is 9.97. The van der Waals surface area contributed by atoms with Crippen LogP contribution in [-0.4, -0.2) is 24.4 Å². The van der Waals surface area contributed by atoms with Gasteiger partial charge in [0, 0.05) is 18.4 Å². The van der Waals surface area contributed by atoms with Crippen LogP contribution in [0.25, 0.3) is 0 Å². The third-order valence-electron chi connectivity index (χ3n) is 2.89. The largest absolute Gasteiger partial charge is 0.469 e. The van der Waals surface area contributed by atoms with Gasteiger partial charge in [0.25, 0.3) is 0 Å². The lowest BCUT2D eigenvalue weighted by atomic mass is 9.84. The average molecular weight is 196 g/mol. The molecule has 1 saturated heterocycles. The Kier molecular flexibility index (Phi) is 2.89.